The fraction of sp³-hybridized carbons (Fsp3) is 0.600. The molecule has 3 heterocycles. The highest BCUT2D eigenvalue weighted by molar-refractivity contribution is 6.29. The molecule has 1 unspecified atom stereocenters. The normalized spacial score (nSPS) is 22.7. The number of hydrogen-bond acceptors (Lipinski definition) is 4. The molecular weight excluding hydrogens is 308 g/mol. The van der Waals surface area contributed by atoms with Gasteiger partial charge >= 0.3 is 0 Å². The first-order chi connectivity index (χ1) is 10.6. The Kier molecular flexibility index (Phi) is 4.69. The third kappa shape index (κ3) is 3.28. The van der Waals surface area contributed by atoms with Crippen molar-refractivity contribution < 1.29 is 18.7 Å². The fourth-order valence-corrected chi connectivity index (χ4v) is 3.14. The van der Waals surface area contributed by atoms with Crippen LogP contribution in [0.15, 0.2) is 16.5 Å². The average Bonchev–Trinajstić information content (AvgIpc) is 3.01. The quantitative estimate of drug-likeness (QED) is 0.829. The summed E-state index contributed by atoms with van der Waals surface area (Å²) in [6.45, 7) is 3.53. The molecule has 1 atom stereocenters. The minimum Gasteiger partial charge on any atom is -0.440 e. The number of hydrogen-bond donors (Lipinski definition) is 0. The highest BCUT2D eigenvalue weighted by Crippen LogP contribution is 2.22. The molecule has 2 amide bonds. The standard InChI is InChI=1S/C15H19ClN2O4/c16-13-4-3-12(22-13)15(20)18-5-1-2-11(10-18)14(19)17-6-8-21-9-7-17/h3-4,11H,1-2,5-10H2. The predicted octanol–water partition coefficient (Wildman–Crippen LogP) is 1.64. The first-order valence-electron chi connectivity index (χ1n) is 7.56. The Balaban J connectivity index is 1.63. The number of likely N-dealkylation sites (tertiary alicyclic amines) is 1. The van der Waals surface area contributed by atoms with Gasteiger partial charge in [0.15, 0.2) is 11.0 Å². The SMILES string of the molecule is O=C(c1ccc(Cl)o1)N1CCCC(C(=O)N2CCOCC2)C1. The van der Waals surface area contributed by atoms with Crippen molar-refractivity contribution in [2.45, 2.75) is 12.8 Å². The van der Waals surface area contributed by atoms with Crippen molar-refractivity contribution >= 4 is 23.4 Å². The van der Waals surface area contributed by atoms with E-state index in [1.807, 2.05) is 4.90 Å². The van der Waals surface area contributed by atoms with Crippen LogP contribution in [-0.2, 0) is 9.53 Å². The van der Waals surface area contributed by atoms with Crippen LogP contribution >= 0.6 is 11.6 Å². The second-order valence-corrected chi connectivity index (χ2v) is 6.00. The molecule has 0 N–H and O–H groups in total. The van der Waals surface area contributed by atoms with E-state index >= 15 is 0 Å². The molecule has 3 rings (SSSR count). The number of halogens is 1. The molecule has 0 bridgehead atoms. The summed E-state index contributed by atoms with van der Waals surface area (Å²) in [5.74, 6) is 0.00959. The summed E-state index contributed by atoms with van der Waals surface area (Å²) < 4.78 is 10.4. The van der Waals surface area contributed by atoms with Crippen molar-refractivity contribution in [3.8, 4) is 0 Å². The van der Waals surface area contributed by atoms with E-state index < -0.39 is 0 Å². The number of morpholine rings is 1. The second kappa shape index (κ2) is 6.71. The molecule has 2 aliphatic rings. The van der Waals surface area contributed by atoms with Gasteiger partial charge in [-0.15, -0.1) is 0 Å². The molecule has 2 aliphatic heterocycles. The molecule has 0 radical (unpaired) electrons. The first kappa shape index (κ1) is 15.4. The maximum atomic E-state index is 12.5. The molecule has 120 valence electrons. The second-order valence-electron chi connectivity index (χ2n) is 5.63. The summed E-state index contributed by atoms with van der Waals surface area (Å²) in [6, 6.07) is 3.12. The van der Waals surface area contributed by atoms with E-state index in [2.05, 4.69) is 0 Å². The van der Waals surface area contributed by atoms with Crippen LogP contribution in [0.5, 0.6) is 0 Å². The van der Waals surface area contributed by atoms with Crippen LogP contribution < -0.4 is 0 Å². The van der Waals surface area contributed by atoms with Gasteiger partial charge in [0.25, 0.3) is 5.91 Å². The van der Waals surface area contributed by atoms with Crippen LogP contribution in [0.3, 0.4) is 0 Å². The van der Waals surface area contributed by atoms with Gasteiger partial charge in [0.2, 0.25) is 5.91 Å². The minimum atomic E-state index is -0.202. The Morgan fingerprint density at radius 3 is 2.59 bits per heavy atom. The molecular formula is C15H19ClN2O4. The van der Waals surface area contributed by atoms with Crippen molar-refractivity contribution in [2.24, 2.45) is 5.92 Å². The van der Waals surface area contributed by atoms with Crippen molar-refractivity contribution in [3.63, 3.8) is 0 Å². The van der Waals surface area contributed by atoms with Gasteiger partial charge in [0.1, 0.15) is 0 Å². The van der Waals surface area contributed by atoms with Gasteiger partial charge in [0, 0.05) is 26.2 Å². The van der Waals surface area contributed by atoms with Crippen molar-refractivity contribution in [1.82, 2.24) is 9.80 Å². The van der Waals surface area contributed by atoms with E-state index in [0.717, 1.165) is 12.8 Å². The van der Waals surface area contributed by atoms with Gasteiger partial charge in [0.05, 0.1) is 19.1 Å². The van der Waals surface area contributed by atoms with Crippen LogP contribution in [0.4, 0.5) is 0 Å². The molecule has 2 fully saturated rings. The maximum absolute atomic E-state index is 12.5. The van der Waals surface area contributed by atoms with Crippen LogP contribution in [-0.4, -0.2) is 61.0 Å². The van der Waals surface area contributed by atoms with E-state index in [-0.39, 0.29) is 28.7 Å². The molecule has 7 heteroatoms. The Hall–Kier alpha value is -1.53. The Morgan fingerprint density at radius 1 is 1.14 bits per heavy atom. The number of rotatable bonds is 2. The summed E-state index contributed by atoms with van der Waals surface area (Å²) in [6.07, 6.45) is 1.64. The van der Waals surface area contributed by atoms with Gasteiger partial charge in [-0.3, -0.25) is 9.59 Å². The van der Waals surface area contributed by atoms with Crippen LogP contribution in [0.25, 0.3) is 0 Å². The van der Waals surface area contributed by atoms with Crippen LogP contribution in [0.1, 0.15) is 23.4 Å². The molecule has 0 aliphatic carbocycles. The van der Waals surface area contributed by atoms with Gasteiger partial charge in [-0.2, -0.15) is 0 Å². The van der Waals surface area contributed by atoms with E-state index in [0.29, 0.717) is 39.4 Å². The third-order valence-electron chi connectivity index (χ3n) is 4.16. The largest absolute Gasteiger partial charge is 0.440 e. The summed E-state index contributed by atoms with van der Waals surface area (Å²) in [4.78, 5) is 28.5. The number of ether oxygens (including phenoxy) is 1. The van der Waals surface area contributed by atoms with Crippen molar-refractivity contribution in [3.05, 3.63) is 23.1 Å². The Morgan fingerprint density at radius 2 is 1.91 bits per heavy atom. The Bertz CT molecular complexity index is 553. The summed E-state index contributed by atoms with van der Waals surface area (Å²) in [5.41, 5.74) is 0. The van der Waals surface area contributed by atoms with Gasteiger partial charge in [-0.1, -0.05) is 0 Å². The lowest BCUT2D eigenvalue weighted by molar-refractivity contribution is -0.141. The Labute approximate surface area is 133 Å². The zero-order valence-electron chi connectivity index (χ0n) is 12.3. The molecule has 0 aromatic carbocycles. The zero-order chi connectivity index (χ0) is 15.5. The molecule has 22 heavy (non-hydrogen) atoms. The number of furan rings is 1. The smallest absolute Gasteiger partial charge is 0.289 e. The lowest BCUT2D eigenvalue weighted by Crippen LogP contribution is -2.49. The first-order valence-corrected chi connectivity index (χ1v) is 7.94. The number of piperidine rings is 1. The molecule has 0 saturated carbocycles. The highest BCUT2D eigenvalue weighted by Gasteiger charge is 2.32. The number of amides is 2. The molecule has 6 nitrogen and oxygen atoms in total. The van der Waals surface area contributed by atoms with E-state index in [1.165, 1.54) is 0 Å². The minimum absolute atomic E-state index is 0.123. The summed E-state index contributed by atoms with van der Waals surface area (Å²) in [7, 11) is 0. The molecule has 1 aromatic heterocycles. The van der Waals surface area contributed by atoms with E-state index in [4.69, 9.17) is 20.8 Å². The highest BCUT2D eigenvalue weighted by atomic mass is 35.5. The number of carbonyl (C=O) groups excluding carboxylic acids is 2. The summed E-state index contributed by atoms with van der Waals surface area (Å²) >= 11 is 5.71. The lowest BCUT2D eigenvalue weighted by Gasteiger charge is -2.35. The summed E-state index contributed by atoms with van der Waals surface area (Å²) in [5, 5.41) is 0.196. The maximum Gasteiger partial charge on any atom is 0.289 e. The topological polar surface area (TPSA) is 63.0 Å². The van der Waals surface area contributed by atoms with Crippen LogP contribution in [0, 0.1) is 5.92 Å². The van der Waals surface area contributed by atoms with Crippen LogP contribution in [0.2, 0.25) is 5.22 Å². The van der Waals surface area contributed by atoms with Gasteiger partial charge in [-0.25, -0.2) is 0 Å². The van der Waals surface area contributed by atoms with Crippen molar-refractivity contribution in [1.29, 1.82) is 0 Å². The van der Waals surface area contributed by atoms with Crippen molar-refractivity contribution in [2.75, 3.05) is 39.4 Å². The number of carbonyl (C=O) groups is 2. The van der Waals surface area contributed by atoms with E-state index in [9.17, 15) is 9.59 Å². The van der Waals surface area contributed by atoms with Gasteiger partial charge in [-0.05, 0) is 36.6 Å². The predicted molar refractivity (Wildman–Crippen MR) is 79.7 cm³/mol. The average molecular weight is 327 g/mol. The number of nitrogens with zero attached hydrogens (tertiary/aromatic N) is 2. The molecule has 2 saturated heterocycles. The monoisotopic (exact) mass is 326 g/mol. The molecule has 0 spiro atoms. The zero-order valence-corrected chi connectivity index (χ0v) is 13.1. The molecule has 1 aromatic rings. The fourth-order valence-electron chi connectivity index (χ4n) is 2.99. The lowest BCUT2D eigenvalue weighted by atomic mass is 9.96. The third-order valence-corrected chi connectivity index (χ3v) is 4.37. The van der Waals surface area contributed by atoms with E-state index in [1.54, 1.807) is 17.0 Å². The van der Waals surface area contributed by atoms with Gasteiger partial charge < -0.3 is 19.0 Å².